The van der Waals surface area contributed by atoms with Gasteiger partial charge >= 0.3 is 0 Å². The first kappa shape index (κ1) is 18.1. The van der Waals surface area contributed by atoms with E-state index in [2.05, 4.69) is 29.6 Å². The van der Waals surface area contributed by atoms with Gasteiger partial charge in [0.25, 0.3) is 0 Å². The second-order valence-electron chi connectivity index (χ2n) is 6.66. The van der Waals surface area contributed by atoms with Crippen molar-refractivity contribution in [1.82, 2.24) is 5.32 Å². The summed E-state index contributed by atoms with van der Waals surface area (Å²) in [6, 6.07) is 16.0. The highest BCUT2D eigenvalue weighted by Crippen LogP contribution is 2.43. The normalized spacial score (nSPS) is 15.3. The largest absolute Gasteiger partial charge is 0.497 e. The monoisotopic (exact) mass is 351 g/mol. The maximum Gasteiger partial charge on any atom is 0.244 e. The zero-order valence-corrected chi connectivity index (χ0v) is 15.3. The second kappa shape index (κ2) is 8.09. The minimum absolute atomic E-state index is 0.0818. The van der Waals surface area contributed by atoms with Crippen molar-refractivity contribution in [3.8, 4) is 11.5 Å². The van der Waals surface area contributed by atoms with Gasteiger partial charge in [-0.1, -0.05) is 36.8 Å². The average molecular weight is 351 g/mol. The smallest absolute Gasteiger partial charge is 0.244 e. The fourth-order valence-electron chi connectivity index (χ4n) is 3.41. The van der Waals surface area contributed by atoms with E-state index >= 15 is 0 Å². The molecular weight excluding hydrogens is 326 g/mol. The fraction of sp³-hybridized carbons (Fsp3) is 0.318. The van der Waals surface area contributed by atoms with Crippen molar-refractivity contribution in [2.75, 3.05) is 20.8 Å². The Labute approximate surface area is 154 Å². The Bertz CT molecular complexity index is 779. The van der Waals surface area contributed by atoms with E-state index in [-0.39, 0.29) is 11.3 Å². The molecule has 2 aromatic carbocycles. The molecule has 0 unspecified atom stereocenters. The van der Waals surface area contributed by atoms with Crippen molar-refractivity contribution < 1.29 is 14.3 Å². The summed E-state index contributed by atoms with van der Waals surface area (Å²) < 4.78 is 10.6. The Hall–Kier alpha value is -2.75. The van der Waals surface area contributed by atoms with Crippen LogP contribution in [0.2, 0.25) is 0 Å². The molecule has 1 saturated carbocycles. The van der Waals surface area contributed by atoms with E-state index in [9.17, 15) is 4.79 Å². The van der Waals surface area contributed by atoms with Gasteiger partial charge in [-0.05, 0) is 42.7 Å². The quantitative estimate of drug-likeness (QED) is 0.768. The van der Waals surface area contributed by atoms with Crippen LogP contribution < -0.4 is 14.8 Å². The number of benzene rings is 2. The molecule has 0 atom stereocenters. The molecule has 0 heterocycles. The molecule has 4 nitrogen and oxygen atoms in total. The zero-order valence-electron chi connectivity index (χ0n) is 15.3. The molecule has 0 radical (unpaired) electrons. The molecule has 0 aromatic heterocycles. The molecule has 0 spiro atoms. The summed E-state index contributed by atoms with van der Waals surface area (Å²) in [5.74, 6) is 1.33. The number of carbonyl (C=O) groups excluding carboxylic acids is 1. The van der Waals surface area contributed by atoms with Gasteiger partial charge in [0.2, 0.25) is 5.91 Å². The summed E-state index contributed by atoms with van der Waals surface area (Å²) in [7, 11) is 3.23. The standard InChI is InChI=1S/C22H25NO3/c1-25-19-10-11-20(26-2)17(15-19)9-12-21(24)23-16-22(13-6-14-22)18-7-4-3-5-8-18/h3-5,7-12,15H,6,13-14,16H2,1-2H3,(H,23,24)/b12-9+. The van der Waals surface area contributed by atoms with Gasteiger partial charge in [-0.25, -0.2) is 0 Å². The lowest BCUT2D eigenvalue weighted by atomic mass is 9.64. The molecule has 0 bridgehead atoms. The molecule has 0 saturated heterocycles. The van der Waals surface area contributed by atoms with Crippen molar-refractivity contribution >= 4 is 12.0 Å². The number of ether oxygens (including phenoxy) is 2. The molecule has 136 valence electrons. The van der Waals surface area contributed by atoms with Crippen LogP contribution in [0.4, 0.5) is 0 Å². The van der Waals surface area contributed by atoms with Crippen LogP contribution in [0.25, 0.3) is 6.08 Å². The number of rotatable bonds is 7. The molecule has 0 aliphatic heterocycles. The number of nitrogens with one attached hydrogen (secondary N) is 1. The van der Waals surface area contributed by atoms with Gasteiger partial charge in [0, 0.05) is 23.6 Å². The highest BCUT2D eigenvalue weighted by atomic mass is 16.5. The highest BCUT2D eigenvalue weighted by molar-refractivity contribution is 5.92. The minimum atomic E-state index is -0.0999. The van der Waals surface area contributed by atoms with E-state index in [1.807, 2.05) is 24.3 Å². The Balaban J connectivity index is 1.65. The first-order valence-electron chi connectivity index (χ1n) is 8.90. The van der Waals surface area contributed by atoms with E-state index in [0.717, 1.165) is 24.2 Å². The first-order chi connectivity index (χ1) is 12.7. The van der Waals surface area contributed by atoms with E-state index in [1.54, 1.807) is 26.4 Å². The molecule has 1 aliphatic carbocycles. The van der Waals surface area contributed by atoms with Crippen molar-refractivity contribution in [3.05, 3.63) is 65.7 Å². The number of amides is 1. The summed E-state index contributed by atoms with van der Waals surface area (Å²) >= 11 is 0. The van der Waals surface area contributed by atoms with Crippen molar-refractivity contribution in [3.63, 3.8) is 0 Å². The lowest BCUT2D eigenvalue weighted by Gasteiger charge is -2.42. The molecular formula is C22H25NO3. The van der Waals surface area contributed by atoms with Crippen LogP contribution in [0.1, 0.15) is 30.4 Å². The van der Waals surface area contributed by atoms with Crippen LogP contribution in [0, 0.1) is 0 Å². The number of hydrogen-bond donors (Lipinski definition) is 1. The van der Waals surface area contributed by atoms with E-state index < -0.39 is 0 Å². The highest BCUT2D eigenvalue weighted by Gasteiger charge is 2.38. The molecule has 26 heavy (non-hydrogen) atoms. The molecule has 4 heteroatoms. The fourth-order valence-corrected chi connectivity index (χ4v) is 3.41. The molecule has 1 N–H and O–H groups in total. The Morgan fingerprint density at radius 3 is 2.50 bits per heavy atom. The molecule has 1 fully saturated rings. The van der Waals surface area contributed by atoms with E-state index in [4.69, 9.17) is 9.47 Å². The molecule has 1 amide bonds. The van der Waals surface area contributed by atoms with Gasteiger partial charge in [-0.15, -0.1) is 0 Å². The predicted molar refractivity (Wildman–Crippen MR) is 104 cm³/mol. The molecule has 3 rings (SSSR count). The summed E-state index contributed by atoms with van der Waals surface area (Å²) in [5.41, 5.74) is 2.20. The van der Waals surface area contributed by atoms with Gasteiger partial charge in [0.05, 0.1) is 14.2 Å². The third-order valence-corrected chi connectivity index (χ3v) is 5.15. The second-order valence-corrected chi connectivity index (χ2v) is 6.66. The van der Waals surface area contributed by atoms with Crippen molar-refractivity contribution in [1.29, 1.82) is 0 Å². The Morgan fingerprint density at radius 2 is 1.88 bits per heavy atom. The summed E-state index contributed by atoms with van der Waals surface area (Å²) in [5, 5.41) is 3.06. The topological polar surface area (TPSA) is 47.6 Å². The summed E-state index contributed by atoms with van der Waals surface area (Å²) in [4.78, 5) is 12.3. The SMILES string of the molecule is COc1ccc(OC)c(/C=C/C(=O)NCC2(c3ccccc3)CCC2)c1. The summed E-state index contributed by atoms with van der Waals surface area (Å²) in [6.45, 7) is 0.662. The van der Waals surface area contributed by atoms with Crippen LogP contribution in [-0.2, 0) is 10.2 Å². The van der Waals surface area contributed by atoms with Crippen molar-refractivity contribution in [2.24, 2.45) is 0 Å². The lowest BCUT2D eigenvalue weighted by Crippen LogP contribution is -2.45. The summed E-state index contributed by atoms with van der Waals surface area (Å²) in [6.07, 6.45) is 6.75. The van der Waals surface area contributed by atoms with Gasteiger partial charge in [-0.2, -0.15) is 0 Å². The van der Waals surface area contributed by atoms with Crippen LogP contribution in [0.3, 0.4) is 0 Å². The number of carbonyl (C=O) groups is 1. The Kier molecular flexibility index (Phi) is 5.61. The van der Waals surface area contributed by atoms with Gasteiger partial charge in [-0.3, -0.25) is 4.79 Å². The van der Waals surface area contributed by atoms with Crippen LogP contribution in [-0.4, -0.2) is 26.7 Å². The maximum atomic E-state index is 12.3. The third kappa shape index (κ3) is 3.90. The number of hydrogen-bond acceptors (Lipinski definition) is 3. The van der Waals surface area contributed by atoms with Gasteiger partial charge < -0.3 is 14.8 Å². The van der Waals surface area contributed by atoms with Crippen LogP contribution >= 0.6 is 0 Å². The van der Waals surface area contributed by atoms with E-state index in [1.165, 1.54) is 12.0 Å². The van der Waals surface area contributed by atoms with Crippen molar-refractivity contribution in [2.45, 2.75) is 24.7 Å². The lowest BCUT2D eigenvalue weighted by molar-refractivity contribution is -0.116. The Morgan fingerprint density at radius 1 is 1.12 bits per heavy atom. The predicted octanol–water partition coefficient (Wildman–Crippen LogP) is 3.96. The number of methoxy groups -OCH3 is 2. The van der Waals surface area contributed by atoms with Crippen LogP contribution in [0.5, 0.6) is 11.5 Å². The molecule has 2 aromatic rings. The maximum absolute atomic E-state index is 12.3. The minimum Gasteiger partial charge on any atom is -0.497 e. The van der Waals surface area contributed by atoms with Gasteiger partial charge in [0.1, 0.15) is 11.5 Å². The zero-order chi connectivity index (χ0) is 18.4. The van der Waals surface area contributed by atoms with E-state index in [0.29, 0.717) is 12.3 Å². The third-order valence-electron chi connectivity index (χ3n) is 5.15. The average Bonchev–Trinajstić information content (AvgIpc) is 2.66. The first-order valence-corrected chi connectivity index (χ1v) is 8.90. The van der Waals surface area contributed by atoms with Gasteiger partial charge in [0.15, 0.2) is 0 Å². The van der Waals surface area contributed by atoms with Crippen LogP contribution in [0.15, 0.2) is 54.6 Å². The molecule has 1 aliphatic rings.